The van der Waals surface area contributed by atoms with Crippen LogP contribution in [0.15, 0.2) is 233 Å². The van der Waals surface area contributed by atoms with Crippen LogP contribution in [0.3, 0.4) is 0 Å². The molecule has 6 N–H and O–H groups in total. The topological polar surface area (TPSA) is 108 Å². The Balaban J connectivity index is 0.00000492. The second-order valence-corrected chi connectivity index (χ2v) is 20.9. The summed E-state index contributed by atoms with van der Waals surface area (Å²) in [5.74, 6) is 6.24. The van der Waals surface area contributed by atoms with Gasteiger partial charge in [0, 0.05) is 84.0 Å². The van der Waals surface area contributed by atoms with Crippen molar-refractivity contribution >= 4 is 137 Å². The van der Waals surface area contributed by atoms with E-state index in [0.29, 0.717) is 0 Å². The third kappa shape index (κ3) is 8.66. The number of aromatic nitrogens is 4. The standard InChI is InChI=1S/C56H38N8S4.Zn/c1-5-13-33(14-6-1)65-37-21-25-41-45(29-37)53-57-49(41)62-54-47-31-39(67-35-17-9-3-10-18-35)23-27-43(47)51(59-54)64-56-48-32-40(68-36-19-11-4-12-20-36)24-28-44(48)52(60-56)63-55-46-30-38(66-34-15-7-2-8-16-34)22-26-42(46)50(58-55)61-53;/h1-32,57,60-64H;/q-2;+2. The predicted octanol–water partition coefficient (Wildman–Crippen LogP) is 16.8. The first-order chi connectivity index (χ1) is 33.6. The Hall–Kier alpha value is -6.86. The number of aromatic amines is 2. The van der Waals surface area contributed by atoms with Crippen LogP contribution in [0.25, 0.3) is 43.1 Å². The number of fused-ring (bicyclic) bond motifs is 20. The van der Waals surface area contributed by atoms with E-state index in [1.165, 1.54) is 19.6 Å². The first-order valence-electron chi connectivity index (χ1n) is 22.1. The van der Waals surface area contributed by atoms with Crippen molar-refractivity contribution in [2.24, 2.45) is 0 Å². The molecular weight excluding hydrogens is 978 g/mol. The molecule has 0 spiro atoms. The Morgan fingerprint density at radius 2 is 0.507 bits per heavy atom. The molecule has 0 atom stereocenters. The fourth-order valence-electron chi connectivity index (χ4n) is 8.73. The molecule has 0 radical (unpaired) electrons. The molecule has 8 nitrogen and oxygen atoms in total. The van der Waals surface area contributed by atoms with E-state index in [4.69, 9.17) is 9.97 Å². The number of hydrogen-bond acceptors (Lipinski definition) is 8. The fourth-order valence-corrected chi connectivity index (χ4v) is 12.2. The molecule has 1 aliphatic rings. The van der Waals surface area contributed by atoms with Crippen LogP contribution in [0.5, 0.6) is 0 Å². The number of rotatable bonds is 8. The van der Waals surface area contributed by atoms with Gasteiger partial charge in [-0.05, 0) is 119 Å². The normalized spacial score (nSPS) is 12.1. The van der Waals surface area contributed by atoms with Gasteiger partial charge in [0.15, 0.2) is 0 Å². The van der Waals surface area contributed by atoms with Crippen LogP contribution in [-0.2, 0) is 19.5 Å². The fraction of sp³-hybridized carbons (Fsp3) is 0. The summed E-state index contributed by atoms with van der Waals surface area (Å²) in [4.78, 5) is 27.5. The van der Waals surface area contributed by atoms with Gasteiger partial charge in [-0.3, -0.25) is 0 Å². The molecule has 12 aromatic rings. The summed E-state index contributed by atoms with van der Waals surface area (Å²) in [6.45, 7) is 0. The number of benzene rings is 8. The van der Waals surface area contributed by atoms with Gasteiger partial charge in [0.1, 0.15) is 0 Å². The molecule has 8 aromatic carbocycles. The largest absolute Gasteiger partial charge is 2.00 e. The second kappa shape index (κ2) is 18.6. The van der Waals surface area contributed by atoms with Gasteiger partial charge >= 0.3 is 19.5 Å². The molecule has 0 saturated carbocycles. The zero-order valence-electron chi connectivity index (χ0n) is 36.7. The molecule has 1 aliphatic heterocycles. The Morgan fingerprint density at radius 3 is 0.826 bits per heavy atom. The second-order valence-electron chi connectivity index (χ2n) is 16.4. The van der Waals surface area contributed by atoms with Gasteiger partial charge in [-0.2, -0.15) is 0 Å². The molecule has 4 aromatic heterocycles. The molecule has 0 fully saturated rings. The van der Waals surface area contributed by atoms with Crippen LogP contribution in [0.4, 0.5) is 46.5 Å². The Kier molecular flexibility index (Phi) is 11.7. The van der Waals surface area contributed by atoms with Crippen LogP contribution in [0, 0.1) is 0 Å². The van der Waals surface area contributed by atoms with Gasteiger partial charge in [-0.1, -0.05) is 144 Å². The first kappa shape index (κ1) is 43.4. The number of nitrogens with one attached hydrogen (secondary N) is 6. The van der Waals surface area contributed by atoms with E-state index >= 15 is 0 Å². The molecule has 0 amide bonds. The van der Waals surface area contributed by atoms with Gasteiger partial charge in [-0.25, -0.2) is 0 Å². The summed E-state index contributed by atoms with van der Waals surface area (Å²) in [7, 11) is 0. The smallest absolute Gasteiger partial charge is 0.400 e. The minimum absolute atomic E-state index is 0. The number of H-pyrrole nitrogens is 2. The van der Waals surface area contributed by atoms with Gasteiger partial charge in [0.05, 0.1) is 23.3 Å². The van der Waals surface area contributed by atoms with E-state index in [-0.39, 0.29) is 19.5 Å². The first-order valence-corrected chi connectivity index (χ1v) is 25.4. The van der Waals surface area contributed by atoms with E-state index < -0.39 is 0 Å². The van der Waals surface area contributed by atoms with Crippen molar-refractivity contribution in [2.45, 2.75) is 39.2 Å². The molecule has 0 saturated heterocycles. The monoisotopic (exact) mass is 1010 g/mol. The molecule has 8 bridgehead atoms. The molecule has 13 heteroatoms. The molecule has 0 aliphatic carbocycles. The molecule has 5 heterocycles. The average Bonchev–Trinajstić information content (AvgIpc) is 4.10. The third-order valence-corrected chi connectivity index (χ3v) is 15.9. The van der Waals surface area contributed by atoms with Crippen LogP contribution in [-0.4, -0.2) is 9.97 Å². The zero-order valence-corrected chi connectivity index (χ0v) is 42.9. The molecule has 69 heavy (non-hydrogen) atoms. The van der Waals surface area contributed by atoms with E-state index in [9.17, 15) is 0 Å². The van der Waals surface area contributed by atoms with Gasteiger partial charge in [-0.15, -0.1) is 0 Å². The van der Waals surface area contributed by atoms with Crippen molar-refractivity contribution in [1.82, 2.24) is 19.9 Å². The van der Waals surface area contributed by atoms with Crippen LogP contribution in [0.2, 0.25) is 0 Å². The maximum atomic E-state index is 5.38. The minimum Gasteiger partial charge on any atom is -0.400 e. The summed E-state index contributed by atoms with van der Waals surface area (Å²) >= 11 is 6.95. The maximum Gasteiger partial charge on any atom is 2.00 e. The van der Waals surface area contributed by atoms with E-state index in [1.807, 2.05) is 12.1 Å². The Bertz CT molecular complexity index is 3310. The van der Waals surface area contributed by atoms with Crippen LogP contribution < -0.4 is 31.2 Å². The van der Waals surface area contributed by atoms with Crippen molar-refractivity contribution < 1.29 is 19.5 Å². The predicted molar refractivity (Wildman–Crippen MR) is 287 cm³/mol. The van der Waals surface area contributed by atoms with Gasteiger partial charge in [0.25, 0.3) is 0 Å². The van der Waals surface area contributed by atoms with Gasteiger partial charge in [0.2, 0.25) is 0 Å². The Morgan fingerprint density at radius 1 is 0.246 bits per heavy atom. The summed E-state index contributed by atoms with van der Waals surface area (Å²) in [5, 5.41) is 23.3. The molecular formula is C56H38N8S4Zn. The minimum atomic E-state index is 0. The van der Waals surface area contributed by atoms with Crippen molar-refractivity contribution in [3.8, 4) is 0 Å². The van der Waals surface area contributed by atoms with E-state index in [1.54, 1.807) is 47.0 Å². The summed E-state index contributed by atoms with van der Waals surface area (Å²) in [6.07, 6.45) is 0. The summed E-state index contributed by atoms with van der Waals surface area (Å²) in [6, 6.07) is 68.4. The van der Waals surface area contributed by atoms with Crippen molar-refractivity contribution in [1.29, 1.82) is 0 Å². The number of anilines is 8. The average molecular weight is 1020 g/mol. The third-order valence-electron chi connectivity index (χ3n) is 11.9. The Labute approximate surface area is 427 Å². The number of nitrogens with zero attached hydrogens (tertiary/aromatic N) is 2. The maximum absolute atomic E-state index is 5.38. The quantitative estimate of drug-likeness (QED) is 0.0824. The van der Waals surface area contributed by atoms with Crippen LogP contribution in [0.1, 0.15) is 0 Å². The molecule has 0 unspecified atom stereocenters. The summed E-state index contributed by atoms with van der Waals surface area (Å²) in [5.41, 5.74) is 0. The van der Waals surface area contributed by atoms with Gasteiger partial charge < -0.3 is 41.2 Å². The SMILES string of the molecule is [Zn+2].c1ccc(Sc2ccc3c4[n-]c(c3c2)Nc2[nH]c(c3cc(Sc5ccccc5)ccc23)Nc2[n-]c(c3cc(Sc5ccccc5)ccc23)Nc2[nH]c(c3cc(Sc5ccccc5)ccc23)N4)cc1. The summed E-state index contributed by atoms with van der Waals surface area (Å²) < 4.78 is 0. The van der Waals surface area contributed by atoms with Crippen molar-refractivity contribution in [3.05, 3.63) is 194 Å². The van der Waals surface area contributed by atoms with E-state index in [2.05, 4.69) is 213 Å². The zero-order chi connectivity index (χ0) is 45.0. The van der Waals surface area contributed by atoms with Crippen LogP contribution >= 0.6 is 47.0 Å². The van der Waals surface area contributed by atoms with Crippen molar-refractivity contribution in [2.75, 3.05) is 21.3 Å². The van der Waals surface area contributed by atoms with E-state index in [0.717, 1.165) is 109 Å². The van der Waals surface area contributed by atoms with Crippen molar-refractivity contribution in [3.63, 3.8) is 0 Å². The molecule has 328 valence electrons. The molecule has 13 rings (SSSR count). The number of hydrogen-bond donors (Lipinski definition) is 6.